The van der Waals surface area contributed by atoms with Crippen LogP contribution in [0.3, 0.4) is 0 Å². The van der Waals surface area contributed by atoms with E-state index in [9.17, 15) is 14.9 Å². The van der Waals surface area contributed by atoms with E-state index in [0.717, 1.165) is 0 Å². The van der Waals surface area contributed by atoms with Gasteiger partial charge in [0.1, 0.15) is 6.54 Å². The van der Waals surface area contributed by atoms with E-state index in [1.807, 2.05) is 0 Å². The lowest BCUT2D eigenvalue weighted by Crippen LogP contribution is -2.20. The van der Waals surface area contributed by atoms with Gasteiger partial charge in [-0.2, -0.15) is 5.26 Å². The van der Waals surface area contributed by atoms with Gasteiger partial charge in [0.25, 0.3) is 5.69 Å². The first-order valence-corrected chi connectivity index (χ1v) is 4.71. The van der Waals surface area contributed by atoms with Crippen molar-refractivity contribution in [2.45, 2.75) is 0 Å². The molecular formula is C11H9N3O3. The molecule has 17 heavy (non-hydrogen) atoms. The molecule has 0 spiro atoms. The van der Waals surface area contributed by atoms with Gasteiger partial charge in [-0.05, 0) is 23.8 Å². The third-order valence-electron chi connectivity index (χ3n) is 1.87. The van der Waals surface area contributed by atoms with Crippen LogP contribution < -0.4 is 5.32 Å². The van der Waals surface area contributed by atoms with Gasteiger partial charge in [0.2, 0.25) is 5.91 Å². The lowest BCUT2D eigenvalue weighted by molar-refractivity contribution is -0.384. The van der Waals surface area contributed by atoms with Crippen LogP contribution in [0.5, 0.6) is 0 Å². The Morgan fingerprint density at radius 3 is 2.65 bits per heavy atom. The number of nitro benzene ring substituents is 1. The van der Waals surface area contributed by atoms with Crippen LogP contribution >= 0.6 is 0 Å². The molecule has 0 bridgehead atoms. The van der Waals surface area contributed by atoms with Crippen LogP contribution in [0.2, 0.25) is 0 Å². The zero-order valence-electron chi connectivity index (χ0n) is 8.79. The van der Waals surface area contributed by atoms with Gasteiger partial charge in [0.05, 0.1) is 11.0 Å². The molecule has 1 amide bonds. The fourth-order valence-electron chi connectivity index (χ4n) is 1.06. The predicted molar refractivity (Wildman–Crippen MR) is 60.8 cm³/mol. The van der Waals surface area contributed by atoms with Crippen LogP contribution in [0.4, 0.5) is 5.69 Å². The fourth-order valence-corrected chi connectivity index (χ4v) is 1.06. The monoisotopic (exact) mass is 231 g/mol. The standard InChI is InChI=1S/C11H9N3O3/c12-7-8-13-11(15)6-3-9-1-4-10(5-2-9)14(16)17/h1-6H,8H2,(H,13,15). The van der Waals surface area contributed by atoms with Crippen LogP contribution in [0, 0.1) is 21.4 Å². The molecular weight excluding hydrogens is 222 g/mol. The number of non-ortho nitro benzene ring substituents is 1. The molecule has 6 nitrogen and oxygen atoms in total. The number of nitrogens with one attached hydrogen (secondary N) is 1. The first-order chi connectivity index (χ1) is 8.13. The Morgan fingerprint density at radius 2 is 2.12 bits per heavy atom. The lowest BCUT2D eigenvalue weighted by Gasteiger charge is -1.95. The molecule has 0 saturated heterocycles. The summed E-state index contributed by atoms with van der Waals surface area (Å²) in [6, 6.07) is 7.55. The summed E-state index contributed by atoms with van der Waals surface area (Å²) in [5.41, 5.74) is 0.666. The first kappa shape index (κ1) is 12.4. The maximum absolute atomic E-state index is 11.1. The quantitative estimate of drug-likeness (QED) is 0.365. The Kier molecular flexibility index (Phi) is 4.39. The van der Waals surface area contributed by atoms with Crippen molar-refractivity contribution < 1.29 is 9.72 Å². The van der Waals surface area contributed by atoms with Gasteiger partial charge < -0.3 is 5.32 Å². The zero-order valence-corrected chi connectivity index (χ0v) is 8.79. The van der Waals surface area contributed by atoms with Crippen molar-refractivity contribution in [2.75, 3.05) is 6.54 Å². The molecule has 0 radical (unpaired) electrons. The molecule has 0 atom stereocenters. The third-order valence-corrected chi connectivity index (χ3v) is 1.87. The number of nitrogens with zero attached hydrogens (tertiary/aromatic N) is 2. The summed E-state index contributed by atoms with van der Waals surface area (Å²) in [6.07, 6.45) is 2.77. The molecule has 0 heterocycles. The summed E-state index contributed by atoms with van der Waals surface area (Å²) in [4.78, 5) is 21.0. The topological polar surface area (TPSA) is 96.0 Å². The van der Waals surface area contributed by atoms with Crippen molar-refractivity contribution in [1.82, 2.24) is 5.32 Å². The average molecular weight is 231 g/mol. The molecule has 0 unspecified atom stereocenters. The lowest BCUT2D eigenvalue weighted by atomic mass is 10.2. The third kappa shape index (κ3) is 4.13. The highest BCUT2D eigenvalue weighted by molar-refractivity contribution is 5.91. The van der Waals surface area contributed by atoms with Gasteiger partial charge in [0.15, 0.2) is 0 Å². The predicted octanol–water partition coefficient (Wildman–Crippen LogP) is 1.25. The molecule has 0 aliphatic rings. The highest BCUT2D eigenvalue weighted by Gasteiger charge is 2.02. The van der Waals surface area contributed by atoms with E-state index in [2.05, 4.69) is 5.32 Å². The maximum Gasteiger partial charge on any atom is 0.269 e. The van der Waals surface area contributed by atoms with Crippen LogP contribution in [-0.2, 0) is 4.79 Å². The van der Waals surface area contributed by atoms with Gasteiger partial charge >= 0.3 is 0 Å². The van der Waals surface area contributed by atoms with Gasteiger partial charge in [-0.3, -0.25) is 14.9 Å². The molecule has 86 valence electrons. The molecule has 0 aliphatic carbocycles. The summed E-state index contributed by atoms with van der Waals surface area (Å²) in [5, 5.41) is 21.0. The Labute approximate surface area is 97.3 Å². The summed E-state index contributed by atoms with van der Waals surface area (Å²) < 4.78 is 0. The molecule has 0 aromatic heterocycles. The number of benzene rings is 1. The molecule has 0 fully saturated rings. The van der Waals surface area contributed by atoms with Crippen molar-refractivity contribution in [3.8, 4) is 6.07 Å². The Bertz CT molecular complexity index is 486. The van der Waals surface area contributed by atoms with Crippen molar-refractivity contribution in [3.05, 3.63) is 46.0 Å². The maximum atomic E-state index is 11.1. The second-order valence-electron chi connectivity index (χ2n) is 3.06. The molecule has 6 heteroatoms. The molecule has 1 aromatic carbocycles. The number of nitriles is 1. The van der Waals surface area contributed by atoms with Gasteiger partial charge in [-0.15, -0.1) is 0 Å². The molecule has 1 aromatic rings. The number of rotatable bonds is 4. The number of carbonyl (C=O) groups excluding carboxylic acids is 1. The Hall–Kier alpha value is -2.68. The van der Waals surface area contributed by atoms with E-state index in [0.29, 0.717) is 5.56 Å². The molecule has 1 rings (SSSR count). The van der Waals surface area contributed by atoms with E-state index in [-0.39, 0.29) is 18.1 Å². The SMILES string of the molecule is N#CCNC(=O)C=Cc1ccc([N+](=O)[O-])cc1. The average Bonchev–Trinajstić information content (AvgIpc) is 2.34. The number of hydrogen-bond acceptors (Lipinski definition) is 4. The van der Waals surface area contributed by atoms with E-state index in [4.69, 9.17) is 5.26 Å². The van der Waals surface area contributed by atoms with Crippen LogP contribution in [0.15, 0.2) is 30.3 Å². The largest absolute Gasteiger partial charge is 0.339 e. The van der Waals surface area contributed by atoms with Crippen molar-refractivity contribution >= 4 is 17.7 Å². The van der Waals surface area contributed by atoms with Crippen LogP contribution in [0.25, 0.3) is 6.08 Å². The molecule has 1 N–H and O–H groups in total. The highest BCUT2D eigenvalue weighted by atomic mass is 16.6. The normalized spacial score (nSPS) is 9.82. The second-order valence-corrected chi connectivity index (χ2v) is 3.06. The second kappa shape index (κ2) is 6.02. The Balaban J connectivity index is 2.63. The molecule has 0 saturated carbocycles. The summed E-state index contributed by atoms with van der Waals surface area (Å²) in [7, 11) is 0. The van der Waals surface area contributed by atoms with E-state index >= 15 is 0 Å². The number of amides is 1. The van der Waals surface area contributed by atoms with E-state index in [1.165, 1.54) is 36.4 Å². The van der Waals surface area contributed by atoms with Crippen LogP contribution in [-0.4, -0.2) is 17.4 Å². The van der Waals surface area contributed by atoms with Crippen molar-refractivity contribution in [1.29, 1.82) is 5.26 Å². The summed E-state index contributed by atoms with van der Waals surface area (Å²) in [6.45, 7) is -0.0521. The van der Waals surface area contributed by atoms with Gasteiger partial charge in [-0.25, -0.2) is 0 Å². The van der Waals surface area contributed by atoms with Gasteiger partial charge in [0, 0.05) is 18.2 Å². The van der Waals surface area contributed by atoms with Gasteiger partial charge in [-0.1, -0.05) is 0 Å². The first-order valence-electron chi connectivity index (χ1n) is 4.71. The van der Waals surface area contributed by atoms with Crippen molar-refractivity contribution in [2.24, 2.45) is 0 Å². The fraction of sp³-hybridized carbons (Fsp3) is 0.0909. The smallest absolute Gasteiger partial charge is 0.269 e. The number of carbonyl (C=O) groups is 1. The highest BCUT2D eigenvalue weighted by Crippen LogP contribution is 2.12. The van der Waals surface area contributed by atoms with E-state index in [1.54, 1.807) is 6.07 Å². The minimum Gasteiger partial charge on any atom is -0.339 e. The van der Waals surface area contributed by atoms with Crippen LogP contribution in [0.1, 0.15) is 5.56 Å². The summed E-state index contributed by atoms with van der Waals surface area (Å²) >= 11 is 0. The number of nitro groups is 1. The number of hydrogen-bond donors (Lipinski definition) is 1. The minimum atomic E-state index is -0.493. The van der Waals surface area contributed by atoms with E-state index < -0.39 is 4.92 Å². The Morgan fingerprint density at radius 1 is 1.47 bits per heavy atom. The minimum absolute atomic E-state index is 0.00363. The molecule has 0 aliphatic heterocycles. The van der Waals surface area contributed by atoms with Crippen molar-refractivity contribution in [3.63, 3.8) is 0 Å². The zero-order chi connectivity index (χ0) is 12.7. The summed E-state index contributed by atoms with van der Waals surface area (Å²) in [5.74, 6) is -0.384.